The highest BCUT2D eigenvalue weighted by Gasteiger charge is 2.29. The Balaban J connectivity index is 2.19. The van der Waals surface area contributed by atoms with Gasteiger partial charge in [0.25, 0.3) is 5.91 Å². The summed E-state index contributed by atoms with van der Waals surface area (Å²) in [6.07, 6.45) is 0. The molecule has 1 saturated heterocycles. The quantitative estimate of drug-likeness (QED) is 0.716. The van der Waals surface area contributed by atoms with Gasteiger partial charge in [0.1, 0.15) is 0 Å². The monoisotopic (exact) mass is 361 g/mol. The zero-order valence-corrected chi connectivity index (χ0v) is 13.0. The van der Waals surface area contributed by atoms with Gasteiger partial charge in [-0.2, -0.15) is 11.8 Å². The standard InChI is InChI=1S/C13H16INOS/c1-9-10(2)17-7-6-15(9)13(16)11-4-3-5-12(14)8-11/h3-5,8-10H,6-7H2,1-2H3. The number of nitrogens with zero attached hydrogens (tertiary/aromatic N) is 1. The molecule has 1 amide bonds. The lowest BCUT2D eigenvalue weighted by Gasteiger charge is -2.37. The molecule has 1 aliphatic heterocycles. The lowest BCUT2D eigenvalue weighted by Crippen LogP contribution is -2.47. The van der Waals surface area contributed by atoms with Crippen LogP contribution >= 0.6 is 34.4 Å². The van der Waals surface area contributed by atoms with E-state index in [9.17, 15) is 4.79 Å². The van der Waals surface area contributed by atoms with Crippen molar-refractivity contribution in [1.82, 2.24) is 4.90 Å². The molecule has 0 aromatic heterocycles. The van der Waals surface area contributed by atoms with Crippen molar-refractivity contribution in [1.29, 1.82) is 0 Å². The molecule has 92 valence electrons. The summed E-state index contributed by atoms with van der Waals surface area (Å²) in [5.74, 6) is 1.21. The molecule has 17 heavy (non-hydrogen) atoms. The Bertz CT molecular complexity index is 424. The lowest BCUT2D eigenvalue weighted by molar-refractivity contribution is 0.0698. The van der Waals surface area contributed by atoms with Crippen LogP contribution in [0.25, 0.3) is 0 Å². The Kier molecular flexibility index (Phi) is 4.36. The summed E-state index contributed by atoms with van der Waals surface area (Å²) in [4.78, 5) is 14.4. The van der Waals surface area contributed by atoms with Gasteiger partial charge in [-0.1, -0.05) is 13.0 Å². The predicted molar refractivity (Wildman–Crippen MR) is 81.6 cm³/mol. The van der Waals surface area contributed by atoms with E-state index in [4.69, 9.17) is 0 Å². The molecule has 2 unspecified atom stereocenters. The van der Waals surface area contributed by atoms with Crippen LogP contribution in [-0.4, -0.2) is 34.4 Å². The second kappa shape index (κ2) is 5.61. The maximum absolute atomic E-state index is 12.4. The van der Waals surface area contributed by atoms with E-state index in [0.29, 0.717) is 11.3 Å². The highest BCUT2D eigenvalue weighted by molar-refractivity contribution is 14.1. The van der Waals surface area contributed by atoms with Crippen LogP contribution in [0, 0.1) is 3.57 Å². The summed E-state index contributed by atoms with van der Waals surface area (Å²) >= 11 is 4.19. The highest BCUT2D eigenvalue weighted by Crippen LogP contribution is 2.25. The fraction of sp³-hybridized carbons (Fsp3) is 0.462. The Morgan fingerprint density at radius 3 is 2.94 bits per heavy atom. The summed E-state index contributed by atoms with van der Waals surface area (Å²) in [5, 5.41) is 0.524. The number of rotatable bonds is 1. The van der Waals surface area contributed by atoms with Crippen LogP contribution in [0.4, 0.5) is 0 Å². The molecule has 2 atom stereocenters. The molecule has 1 aromatic carbocycles. The van der Waals surface area contributed by atoms with E-state index >= 15 is 0 Å². The fourth-order valence-corrected chi connectivity index (χ4v) is 3.65. The van der Waals surface area contributed by atoms with Gasteiger partial charge >= 0.3 is 0 Å². The average molecular weight is 361 g/mol. The van der Waals surface area contributed by atoms with Crippen molar-refractivity contribution in [2.24, 2.45) is 0 Å². The number of hydrogen-bond acceptors (Lipinski definition) is 2. The van der Waals surface area contributed by atoms with Gasteiger partial charge in [0.15, 0.2) is 0 Å². The van der Waals surface area contributed by atoms with Crippen LogP contribution in [-0.2, 0) is 0 Å². The molecule has 4 heteroatoms. The Hall–Kier alpha value is -0.230. The molecule has 2 rings (SSSR count). The Labute approximate surface area is 120 Å². The summed E-state index contributed by atoms with van der Waals surface area (Å²) in [6.45, 7) is 5.20. The van der Waals surface area contributed by atoms with Gasteiger partial charge in [-0.05, 0) is 47.7 Å². The first-order chi connectivity index (χ1) is 8.09. The normalized spacial score (nSPS) is 24.8. The zero-order valence-electron chi connectivity index (χ0n) is 10.0. The van der Waals surface area contributed by atoms with E-state index in [1.165, 1.54) is 0 Å². The van der Waals surface area contributed by atoms with E-state index in [0.717, 1.165) is 21.4 Å². The van der Waals surface area contributed by atoms with Crippen molar-refractivity contribution in [2.45, 2.75) is 25.1 Å². The summed E-state index contributed by atoms with van der Waals surface area (Å²) < 4.78 is 1.11. The van der Waals surface area contributed by atoms with Gasteiger partial charge < -0.3 is 4.90 Å². The summed E-state index contributed by atoms with van der Waals surface area (Å²) in [7, 11) is 0. The van der Waals surface area contributed by atoms with Crippen LogP contribution < -0.4 is 0 Å². The number of carbonyl (C=O) groups excluding carboxylic acids is 1. The molecule has 1 fully saturated rings. The second-order valence-electron chi connectivity index (χ2n) is 4.33. The molecular weight excluding hydrogens is 345 g/mol. The van der Waals surface area contributed by atoms with Gasteiger partial charge in [-0.15, -0.1) is 0 Å². The van der Waals surface area contributed by atoms with Gasteiger partial charge in [-0.3, -0.25) is 4.79 Å². The molecule has 1 aromatic rings. The van der Waals surface area contributed by atoms with Crippen LogP contribution in [0.5, 0.6) is 0 Å². The number of thioether (sulfide) groups is 1. The largest absolute Gasteiger partial charge is 0.334 e. The second-order valence-corrected chi connectivity index (χ2v) is 7.06. The van der Waals surface area contributed by atoms with Crippen molar-refractivity contribution in [2.75, 3.05) is 12.3 Å². The van der Waals surface area contributed by atoms with E-state index in [2.05, 4.69) is 36.4 Å². The van der Waals surface area contributed by atoms with Gasteiger partial charge in [-0.25, -0.2) is 0 Å². The molecule has 0 aliphatic carbocycles. The molecule has 0 saturated carbocycles. The molecule has 0 spiro atoms. The van der Waals surface area contributed by atoms with Crippen LogP contribution in [0.15, 0.2) is 24.3 Å². The van der Waals surface area contributed by atoms with Crippen LogP contribution in [0.3, 0.4) is 0 Å². The van der Waals surface area contributed by atoms with Crippen molar-refractivity contribution in [3.63, 3.8) is 0 Å². The first kappa shape index (κ1) is 13.2. The summed E-state index contributed by atoms with van der Waals surface area (Å²) in [5.41, 5.74) is 0.808. The number of hydrogen-bond donors (Lipinski definition) is 0. The van der Waals surface area contributed by atoms with Gasteiger partial charge in [0, 0.05) is 32.7 Å². The average Bonchev–Trinajstić information content (AvgIpc) is 2.32. The molecule has 1 aliphatic rings. The number of amides is 1. The molecular formula is C13H16INOS. The van der Waals surface area contributed by atoms with E-state index in [-0.39, 0.29) is 5.91 Å². The van der Waals surface area contributed by atoms with E-state index in [1.54, 1.807) is 0 Å². The van der Waals surface area contributed by atoms with Crippen LogP contribution in [0.1, 0.15) is 24.2 Å². The maximum atomic E-state index is 12.4. The third kappa shape index (κ3) is 2.96. The minimum atomic E-state index is 0.170. The number of halogens is 1. The van der Waals surface area contributed by atoms with E-state index < -0.39 is 0 Å². The molecule has 0 N–H and O–H groups in total. The molecule has 1 heterocycles. The van der Waals surface area contributed by atoms with Crippen molar-refractivity contribution >= 4 is 40.3 Å². The predicted octanol–water partition coefficient (Wildman–Crippen LogP) is 3.26. The fourth-order valence-electron chi connectivity index (χ4n) is 2.01. The third-order valence-electron chi connectivity index (χ3n) is 3.22. The van der Waals surface area contributed by atoms with Crippen molar-refractivity contribution in [3.05, 3.63) is 33.4 Å². The third-order valence-corrected chi connectivity index (χ3v) is 5.23. The van der Waals surface area contributed by atoms with Crippen molar-refractivity contribution in [3.8, 4) is 0 Å². The topological polar surface area (TPSA) is 20.3 Å². The van der Waals surface area contributed by atoms with Gasteiger partial charge in [0.2, 0.25) is 0 Å². The van der Waals surface area contributed by atoms with Gasteiger partial charge in [0.05, 0.1) is 0 Å². The highest BCUT2D eigenvalue weighted by atomic mass is 127. The number of carbonyl (C=O) groups is 1. The Morgan fingerprint density at radius 1 is 1.47 bits per heavy atom. The Morgan fingerprint density at radius 2 is 2.24 bits per heavy atom. The first-order valence-corrected chi connectivity index (χ1v) is 7.90. The molecule has 0 radical (unpaired) electrons. The minimum absolute atomic E-state index is 0.170. The first-order valence-electron chi connectivity index (χ1n) is 5.77. The maximum Gasteiger partial charge on any atom is 0.254 e. The number of benzene rings is 1. The lowest BCUT2D eigenvalue weighted by atomic mass is 10.1. The molecule has 0 bridgehead atoms. The van der Waals surface area contributed by atoms with E-state index in [1.807, 2.05) is 40.9 Å². The SMILES string of the molecule is CC1SCCN(C(=O)c2cccc(I)c2)C1C. The smallest absolute Gasteiger partial charge is 0.254 e. The molecule has 2 nitrogen and oxygen atoms in total. The van der Waals surface area contributed by atoms with Crippen molar-refractivity contribution < 1.29 is 4.79 Å². The summed E-state index contributed by atoms with van der Waals surface area (Å²) in [6, 6.07) is 8.14. The zero-order chi connectivity index (χ0) is 12.4. The van der Waals surface area contributed by atoms with Crippen LogP contribution in [0.2, 0.25) is 0 Å². The minimum Gasteiger partial charge on any atom is -0.334 e.